The van der Waals surface area contributed by atoms with E-state index in [1.807, 2.05) is 49.5 Å². The van der Waals surface area contributed by atoms with E-state index in [0.29, 0.717) is 13.2 Å². The van der Waals surface area contributed by atoms with Gasteiger partial charge in [0.15, 0.2) is 11.5 Å². The molecule has 0 fully saturated rings. The van der Waals surface area contributed by atoms with Crippen molar-refractivity contribution in [2.45, 2.75) is 6.04 Å². The van der Waals surface area contributed by atoms with Crippen molar-refractivity contribution in [1.29, 1.82) is 0 Å². The van der Waals surface area contributed by atoms with Crippen molar-refractivity contribution in [3.05, 3.63) is 58.6 Å². The topological polar surface area (TPSA) is 30.5 Å². The first-order valence-corrected chi connectivity index (χ1v) is 6.98. The molecule has 0 saturated carbocycles. The Morgan fingerprint density at radius 2 is 1.80 bits per heavy atom. The molecule has 2 aromatic carbocycles. The largest absolute Gasteiger partial charge is 0.486 e. The molecule has 1 atom stereocenters. The standard InChI is InChI=1S/C16H16ClNO2/c1-18-16(12-4-2-3-5-13(12)17)11-6-7-14-15(10-11)20-9-8-19-14/h2-7,10,16,18H,8-9H2,1H3. The van der Waals surface area contributed by atoms with E-state index in [4.69, 9.17) is 21.1 Å². The molecule has 104 valence electrons. The van der Waals surface area contributed by atoms with Crippen LogP contribution in [0.1, 0.15) is 17.2 Å². The number of rotatable bonds is 3. The highest BCUT2D eigenvalue weighted by Crippen LogP contribution is 2.35. The molecule has 3 nitrogen and oxygen atoms in total. The van der Waals surface area contributed by atoms with Gasteiger partial charge in [-0.1, -0.05) is 35.9 Å². The van der Waals surface area contributed by atoms with Crippen molar-refractivity contribution < 1.29 is 9.47 Å². The molecule has 3 rings (SSSR count). The zero-order chi connectivity index (χ0) is 13.9. The zero-order valence-electron chi connectivity index (χ0n) is 11.2. The summed E-state index contributed by atoms with van der Waals surface area (Å²) in [7, 11) is 1.92. The van der Waals surface area contributed by atoms with Gasteiger partial charge in [-0.05, 0) is 36.4 Å². The van der Waals surface area contributed by atoms with Gasteiger partial charge < -0.3 is 14.8 Å². The molecule has 0 bridgehead atoms. The van der Waals surface area contributed by atoms with Crippen LogP contribution in [0.25, 0.3) is 0 Å². The van der Waals surface area contributed by atoms with Gasteiger partial charge in [-0.3, -0.25) is 0 Å². The van der Waals surface area contributed by atoms with E-state index in [-0.39, 0.29) is 6.04 Å². The summed E-state index contributed by atoms with van der Waals surface area (Å²) in [4.78, 5) is 0. The van der Waals surface area contributed by atoms with Crippen molar-refractivity contribution in [2.75, 3.05) is 20.3 Å². The number of hydrogen-bond acceptors (Lipinski definition) is 3. The number of fused-ring (bicyclic) bond motifs is 1. The summed E-state index contributed by atoms with van der Waals surface area (Å²) in [6.45, 7) is 1.19. The van der Waals surface area contributed by atoms with Gasteiger partial charge in [-0.25, -0.2) is 0 Å². The third-order valence-electron chi connectivity index (χ3n) is 3.40. The van der Waals surface area contributed by atoms with Gasteiger partial charge >= 0.3 is 0 Å². The molecule has 1 aliphatic rings. The highest BCUT2D eigenvalue weighted by atomic mass is 35.5. The number of ether oxygens (including phenoxy) is 2. The third-order valence-corrected chi connectivity index (χ3v) is 3.75. The normalized spacial score (nSPS) is 14.9. The maximum Gasteiger partial charge on any atom is 0.161 e. The van der Waals surface area contributed by atoms with Crippen LogP contribution in [0, 0.1) is 0 Å². The Labute approximate surface area is 123 Å². The van der Waals surface area contributed by atoms with Gasteiger partial charge in [0, 0.05) is 5.02 Å². The summed E-state index contributed by atoms with van der Waals surface area (Å²) < 4.78 is 11.2. The number of nitrogens with one attached hydrogen (secondary N) is 1. The molecule has 0 spiro atoms. The lowest BCUT2D eigenvalue weighted by Crippen LogP contribution is -2.19. The molecule has 0 saturated heterocycles. The minimum absolute atomic E-state index is 0.0273. The quantitative estimate of drug-likeness (QED) is 0.939. The second kappa shape index (κ2) is 5.73. The first-order valence-electron chi connectivity index (χ1n) is 6.61. The Morgan fingerprint density at radius 3 is 2.55 bits per heavy atom. The minimum Gasteiger partial charge on any atom is -0.486 e. The van der Waals surface area contributed by atoms with Crippen molar-refractivity contribution >= 4 is 11.6 Å². The first kappa shape index (κ1) is 13.3. The van der Waals surface area contributed by atoms with Gasteiger partial charge in [0.05, 0.1) is 6.04 Å². The molecular formula is C16H16ClNO2. The molecule has 1 unspecified atom stereocenters. The zero-order valence-corrected chi connectivity index (χ0v) is 12.0. The van der Waals surface area contributed by atoms with Crippen LogP contribution in [0.4, 0.5) is 0 Å². The van der Waals surface area contributed by atoms with E-state index in [1.54, 1.807) is 0 Å². The number of benzene rings is 2. The van der Waals surface area contributed by atoms with E-state index in [1.165, 1.54) is 0 Å². The van der Waals surface area contributed by atoms with E-state index < -0.39 is 0 Å². The van der Waals surface area contributed by atoms with E-state index in [2.05, 4.69) is 5.32 Å². The van der Waals surface area contributed by atoms with Crippen LogP contribution in [0.2, 0.25) is 5.02 Å². The Balaban J connectivity index is 1.99. The van der Waals surface area contributed by atoms with Crippen LogP contribution >= 0.6 is 11.6 Å². The monoisotopic (exact) mass is 289 g/mol. The molecule has 0 aliphatic carbocycles. The lowest BCUT2D eigenvalue weighted by Gasteiger charge is -2.22. The minimum atomic E-state index is 0.0273. The molecule has 0 amide bonds. The van der Waals surface area contributed by atoms with Crippen LogP contribution in [0.15, 0.2) is 42.5 Å². The summed E-state index contributed by atoms with van der Waals surface area (Å²) in [5, 5.41) is 4.05. The molecule has 2 aromatic rings. The van der Waals surface area contributed by atoms with Crippen molar-refractivity contribution in [3.63, 3.8) is 0 Å². The predicted molar refractivity (Wildman–Crippen MR) is 79.8 cm³/mol. The van der Waals surface area contributed by atoms with Crippen LogP contribution in [-0.2, 0) is 0 Å². The molecule has 0 radical (unpaired) electrons. The van der Waals surface area contributed by atoms with E-state index >= 15 is 0 Å². The molecule has 4 heteroatoms. The SMILES string of the molecule is CNC(c1ccc2c(c1)OCCO2)c1ccccc1Cl. The summed E-state index contributed by atoms with van der Waals surface area (Å²) in [6.07, 6.45) is 0. The number of halogens is 1. The van der Waals surface area contributed by atoms with Gasteiger partial charge in [-0.2, -0.15) is 0 Å². The van der Waals surface area contributed by atoms with Crippen molar-refractivity contribution in [3.8, 4) is 11.5 Å². The Bertz CT molecular complexity index is 615. The lowest BCUT2D eigenvalue weighted by molar-refractivity contribution is 0.171. The third kappa shape index (κ3) is 2.47. The van der Waals surface area contributed by atoms with E-state index in [0.717, 1.165) is 27.6 Å². The Hall–Kier alpha value is -1.71. The molecule has 1 N–H and O–H groups in total. The van der Waals surface area contributed by atoms with Crippen molar-refractivity contribution in [1.82, 2.24) is 5.32 Å². The van der Waals surface area contributed by atoms with Gasteiger partial charge in [0.25, 0.3) is 0 Å². The van der Waals surface area contributed by atoms with Crippen LogP contribution in [0.3, 0.4) is 0 Å². The molecule has 1 aliphatic heterocycles. The maximum absolute atomic E-state index is 6.30. The molecule has 1 heterocycles. The second-order valence-electron chi connectivity index (χ2n) is 4.65. The average Bonchev–Trinajstić information content (AvgIpc) is 2.50. The molecular weight excluding hydrogens is 274 g/mol. The van der Waals surface area contributed by atoms with Crippen LogP contribution in [0.5, 0.6) is 11.5 Å². The molecule has 20 heavy (non-hydrogen) atoms. The first-order chi connectivity index (χ1) is 9.79. The predicted octanol–water partition coefficient (Wildman–Crippen LogP) is 3.42. The summed E-state index contributed by atoms with van der Waals surface area (Å²) in [6, 6.07) is 13.9. The summed E-state index contributed by atoms with van der Waals surface area (Å²) in [5.74, 6) is 1.59. The lowest BCUT2D eigenvalue weighted by atomic mass is 9.98. The fourth-order valence-corrected chi connectivity index (χ4v) is 2.70. The average molecular weight is 290 g/mol. The summed E-state index contributed by atoms with van der Waals surface area (Å²) >= 11 is 6.30. The number of hydrogen-bond donors (Lipinski definition) is 1. The summed E-state index contributed by atoms with van der Waals surface area (Å²) in [5.41, 5.74) is 2.15. The molecule has 0 aromatic heterocycles. The van der Waals surface area contributed by atoms with Gasteiger partial charge in [0.1, 0.15) is 13.2 Å². The Kier molecular flexibility index (Phi) is 3.81. The van der Waals surface area contributed by atoms with Crippen molar-refractivity contribution in [2.24, 2.45) is 0 Å². The smallest absolute Gasteiger partial charge is 0.161 e. The van der Waals surface area contributed by atoms with Gasteiger partial charge in [0.2, 0.25) is 0 Å². The van der Waals surface area contributed by atoms with Crippen LogP contribution < -0.4 is 14.8 Å². The van der Waals surface area contributed by atoms with Gasteiger partial charge in [-0.15, -0.1) is 0 Å². The van der Waals surface area contributed by atoms with Crippen LogP contribution in [-0.4, -0.2) is 20.3 Å². The fourth-order valence-electron chi connectivity index (χ4n) is 2.45. The Morgan fingerprint density at radius 1 is 1.05 bits per heavy atom. The highest BCUT2D eigenvalue weighted by Gasteiger charge is 2.18. The highest BCUT2D eigenvalue weighted by molar-refractivity contribution is 6.31. The fraction of sp³-hybridized carbons (Fsp3) is 0.250. The second-order valence-corrected chi connectivity index (χ2v) is 5.05. The maximum atomic E-state index is 6.30. The van der Waals surface area contributed by atoms with E-state index in [9.17, 15) is 0 Å².